The quantitative estimate of drug-likeness (QED) is 0.670. The molecule has 1 aliphatic rings. The number of nitrogens with zero attached hydrogens (tertiary/aromatic N) is 1. The summed E-state index contributed by atoms with van der Waals surface area (Å²) in [7, 11) is 0. The van der Waals surface area contributed by atoms with Gasteiger partial charge in [-0.05, 0) is 24.8 Å². The first kappa shape index (κ1) is 9.25. The summed E-state index contributed by atoms with van der Waals surface area (Å²) in [6.07, 6.45) is 9.75. The van der Waals surface area contributed by atoms with Crippen LogP contribution in [0.25, 0.3) is 0 Å². The lowest BCUT2D eigenvalue weighted by atomic mass is 9.95. The second kappa shape index (κ2) is 3.82. The van der Waals surface area contributed by atoms with Gasteiger partial charge in [0.05, 0.1) is 0 Å². The Kier molecular flexibility index (Phi) is 2.53. The van der Waals surface area contributed by atoms with Crippen LogP contribution in [0.3, 0.4) is 0 Å². The molecule has 0 aromatic carbocycles. The van der Waals surface area contributed by atoms with E-state index in [1.165, 1.54) is 5.56 Å². The van der Waals surface area contributed by atoms with Gasteiger partial charge in [-0.25, -0.2) is 0 Å². The molecule has 74 valence electrons. The van der Waals surface area contributed by atoms with Crippen LogP contribution in [0.2, 0.25) is 0 Å². The third-order valence-electron chi connectivity index (χ3n) is 2.70. The maximum absolute atomic E-state index is 11.5. The van der Waals surface area contributed by atoms with E-state index in [2.05, 4.69) is 17.3 Å². The Labute approximate surface area is 84.2 Å². The number of aryl methyl sites for hydroxylation is 2. The lowest BCUT2D eigenvalue weighted by molar-refractivity contribution is 0.0973. The number of carbonyl (C=O) groups excluding carboxylic acids is 1. The highest BCUT2D eigenvalue weighted by Crippen LogP contribution is 2.22. The van der Waals surface area contributed by atoms with Crippen molar-refractivity contribution >= 4 is 5.78 Å². The topological polar surface area (TPSA) is 22.0 Å². The Bertz CT molecular complexity index is 362. The second-order valence-electron chi connectivity index (χ2n) is 3.79. The predicted molar refractivity (Wildman–Crippen MR) is 56.5 cm³/mol. The van der Waals surface area contributed by atoms with E-state index >= 15 is 0 Å². The van der Waals surface area contributed by atoms with Crippen molar-refractivity contribution in [2.24, 2.45) is 0 Å². The molecule has 0 fully saturated rings. The molecule has 1 aliphatic carbocycles. The number of Topliss-reactive ketones (excluding diaryl/α,β-unsaturated/α-hetero) is 1. The van der Waals surface area contributed by atoms with Gasteiger partial charge >= 0.3 is 0 Å². The van der Waals surface area contributed by atoms with Crippen LogP contribution in [-0.2, 0) is 13.0 Å². The number of ketones is 1. The predicted octanol–water partition coefficient (Wildman–Crippen LogP) is 2.58. The molecule has 2 heteroatoms. The summed E-state index contributed by atoms with van der Waals surface area (Å²) in [6.45, 7) is 4.63. The van der Waals surface area contributed by atoms with Gasteiger partial charge in [0, 0.05) is 30.9 Å². The first-order valence-corrected chi connectivity index (χ1v) is 5.14. The maximum Gasteiger partial charge on any atom is 0.164 e. The SMILES string of the molecule is C=CCCn1cc2c(c1)C(=O)CCC2. The standard InChI is InChI=1S/C12H15NO/c1-2-3-7-13-8-10-5-4-6-12(14)11(10)9-13/h2,8-9H,1,3-7H2. The molecule has 0 radical (unpaired) electrons. The van der Waals surface area contributed by atoms with Crippen molar-refractivity contribution in [1.29, 1.82) is 0 Å². The van der Waals surface area contributed by atoms with Crippen LogP contribution < -0.4 is 0 Å². The molecule has 0 spiro atoms. The highest BCUT2D eigenvalue weighted by molar-refractivity contribution is 5.98. The highest BCUT2D eigenvalue weighted by Gasteiger charge is 2.18. The average Bonchev–Trinajstić information content (AvgIpc) is 2.59. The summed E-state index contributed by atoms with van der Waals surface area (Å²) in [4.78, 5) is 11.5. The lowest BCUT2D eigenvalue weighted by Crippen LogP contribution is -2.07. The minimum atomic E-state index is 0.309. The Morgan fingerprint density at radius 1 is 1.43 bits per heavy atom. The van der Waals surface area contributed by atoms with E-state index in [1.807, 2.05) is 12.3 Å². The van der Waals surface area contributed by atoms with Crippen LogP contribution in [-0.4, -0.2) is 10.4 Å². The van der Waals surface area contributed by atoms with Crippen molar-refractivity contribution in [3.8, 4) is 0 Å². The van der Waals surface area contributed by atoms with Gasteiger partial charge in [0.25, 0.3) is 0 Å². The van der Waals surface area contributed by atoms with Crippen molar-refractivity contribution in [2.75, 3.05) is 0 Å². The molecule has 0 aliphatic heterocycles. The van der Waals surface area contributed by atoms with Crippen LogP contribution in [0, 0.1) is 0 Å². The van der Waals surface area contributed by atoms with Gasteiger partial charge < -0.3 is 4.57 Å². The fourth-order valence-corrected chi connectivity index (χ4v) is 1.95. The number of fused-ring (bicyclic) bond motifs is 1. The summed E-state index contributed by atoms with van der Waals surface area (Å²) in [5, 5.41) is 0. The van der Waals surface area contributed by atoms with Crippen LogP contribution in [0.15, 0.2) is 25.0 Å². The average molecular weight is 189 g/mol. The van der Waals surface area contributed by atoms with Crippen molar-refractivity contribution in [2.45, 2.75) is 32.2 Å². The van der Waals surface area contributed by atoms with Gasteiger partial charge in [-0.1, -0.05) is 6.08 Å². The van der Waals surface area contributed by atoms with Gasteiger partial charge in [-0.15, -0.1) is 6.58 Å². The normalized spacial score (nSPS) is 15.3. The minimum Gasteiger partial charge on any atom is -0.353 e. The number of carbonyl (C=O) groups is 1. The number of rotatable bonds is 3. The van der Waals surface area contributed by atoms with Crippen LogP contribution >= 0.6 is 0 Å². The second-order valence-corrected chi connectivity index (χ2v) is 3.79. The van der Waals surface area contributed by atoms with Gasteiger partial charge in [0.1, 0.15) is 0 Å². The fraction of sp³-hybridized carbons (Fsp3) is 0.417. The molecule has 0 bridgehead atoms. The Morgan fingerprint density at radius 3 is 3.00 bits per heavy atom. The van der Waals surface area contributed by atoms with Crippen LogP contribution in [0.4, 0.5) is 0 Å². The third kappa shape index (κ3) is 1.65. The van der Waals surface area contributed by atoms with E-state index in [9.17, 15) is 4.79 Å². The van der Waals surface area contributed by atoms with E-state index < -0.39 is 0 Å². The maximum atomic E-state index is 11.5. The van der Waals surface area contributed by atoms with Crippen LogP contribution in [0.5, 0.6) is 0 Å². The molecule has 1 heterocycles. The van der Waals surface area contributed by atoms with E-state index in [0.717, 1.165) is 37.8 Å². The Morgan fingerprint density at radius 2 is 2.29 bits per heavy atom. The zero-order valence-corrected chi connectivity index (χ0v) is 8.33. The minimum absolute atomic E-state index is 0.309. The van der Waals surface area contributed by atoms with Crippen LogP contribution in [0.1, 0.15) is 35.2 Å². The van der Waals surface area contributed by atoms with Crippen molar-refractivity contribution in [3.63, 3.8) is 0 Å². The van der Waals surface area contributed by atoms with E-state index in [4.69, 9.17) is 0 Å². The number of hydrogen-bond acceptors (Lipinski definition) is 1. The first-order chi connectivity index (χ1) is 6.81. The molecule has 0 saturated carbocycles. The molecular weight excluding hydrogens is 174 g/mol. The molecular formula is C12H15NO. The van der Waals surface area contributed by atoms with Gasteiger partial charge in [0.2, 0.25) is 0 Å². The smallest absolute Gasteiger partial charge is 0.164 e. The number of aromatic nitrogens is 1. The largest absolute Gasteiger partial charge is 0.353 e. The summed E-state index contributed by atoms with van der Waals surface area (Å²) < 4.78 is 2.11. The molecule has 1 aromatic heterocycles. The molecule has 0 saturated heterocycles. The monoisotopic (exact) mass is 189 g/mol. The molecule has 0 amide bonds. The molecule has 14 heavy (non-hydrogen) atoms. The zero-order valence-electron chi connectivity index (χ0n) is 8.33. The Hall–Kier alpha value is -1.31. The van der Waals surface area contributed by atoms with Crippen molar-refractivity contribution in [3.05, 3.63) is 36.2 Å². The molecule has 2 nitrogen and oxygen atoms in total. The number of hydrogen-bond donors (Lipinski definition) is 0. The molecule has 0 unspecified atom stereocenters. The third-order valence-corrected chi connectivity index (χ3v) is 2.70. The molecule has 1 aromatic rings. The van der Waals surface area contributed by atoms with E-state index in [-0.39, 0.29) is 0 Å². The number of allylic oxidation sites excluding steroid dienone is 1. The van der Waals surface area contributed by atoms with Gasteiger partial charge in [-0.2, -0.15) is 0 Å². The van der Waals surface area contributed by atoms with Crippen molar-refractivity contribution < 1.29 is 4.79 Å². The van der Waals surface area contributed by atoms with E-state index in [1.54, 1.807) is 0 Å². The summed E-state index contributed by atoms with van der Waals surface area (Å²) in [5.74, 6) is 0.309. The zero-order chi connectivity index (χ0) is 9.97. The summed E-state index contributed by atoms with van der Waals surface area (Å²) in [6, 6.07) is 0. The lowest BCUT2D eigenvalue weighted by Gasteiger charge is -2.07. The van der Waals surface area contributed by atoms with Gasteiger partial charge in [-0.3, -0.25) is 4.79 Å². The van der Waals surface area contributed by atoms with Crippen molar-refractivity contribution in [1.82, 2.24) is 4.57 Å². The first-order valence-electron chi connectivity index (χ1n) is 5.14. The highest BCUT2D eigenvalue weighted by atomic mass is 16.1. The summed E-state index contributed by atoms with van der Waals surface area (Å²) in [5.41, 5.74) is 2.17. The molecule has 0 N–H and O–H groups in total. The molecule has 0 atom stereocenters. The van der Waals surface area contributed by atoms with Gasteiger partial charge in [0.15, 0.2) is 5.78 Å². The fourth-order valence-electron chi connectivity index (χ4n) is 1.95. The molecule has 2 rings (SSSR count). The van der Waals surface area contributed by atoms with E-state index in [0.29, 0.717) is 5.78 Å². The summed E-state index contributed by atoms with van der Waals surface area (Å²) >= 11 is 0. The Balaban J connectivity index is 2.21.